The van der Waals surface area contributed by atoms with Gasteiger partial charge in [0, 0.05) is 6.04 Å². The molecule has 0 fully saturated rings. The van der Waals surface area contributed by atoms with Gasteiger partial charge >= 0.3 is 5.92 Å². The van der Waals surface area contributed by atoms with E-state index in [0.29, 0.717) is 0 Å². The van der Waals surface area contributed by atoms with E-state index in [1.807, 2.05) is 0 Å². The van der Waals surface area contributed by atoms with Crippen LogP contribution in [-0.2, 0) is 0 Å². The van der Waals surface area contributed by atoms with Crippen molar-refractivity contribution in [1.82, 2.24) is 0 Å². The molecule has 0 saturated carbocycles. The molecular formula is C6H7Cl2F7Si. The van der Waals surface area contributed by atoms with Crippen LogP contribution < -0.4 is 0 Å². The van der Waals surface area contributed by atoms with Crippen LogP contribution in [0.3, 0.4) is 0 Å². The van der Waals surface area contributed by atoms with Crippen LogP contribution in [0.5, 0.6) is 0 Å². The van der Waals surface area contributed by atoms with Gasteiger partial charge < -0.3 is 0 Å². The van der Waals surface area contributed by atoms with Crippen LogP contribution in [0.2, 0.25) is 6.04 Å². The van der Waals surface area contributed by atoms with Gasteiger partial charge in [-0.2, -0.15) is 22.2 Å². The van der Waals surface area contributed by atoms with Crippen molar-refractivity contribution in [3.63, 3.8) is 0 Å². The summed E-state index contributed by atoms with van der Waals surface area (Å²) >= 11 is 10.2. The van der Waals surface area contributed by atoms with Crippen LogP contribution >= 0.6 is 22.2 Å². The smallest absolute Gasteiger partial charge is 0.241 e. The first-order chi connectivity index (χ1) is 7.10. The summed E-state index contributed by atoms with van der Waals surface area (Å²) in [5.74, 6) is -4.87. The fourth-order valence-corrected chi connectivity index (χ4v) is 2.39. The van der Waals surface area contributed by atoms with Gasteiger partial charge in [-0.05, 0) is 0 Å². The van der Waals surface area contributed by atoms with Gasteiger partial charge in [-0.25, -0.2) is 30.7 Å². The third-order valence-corrected chi connectivity index (χ3v) is 3.53. The van der Waals surface area contributed by atoms with Gasteiger partial charge in [0.2, 0.25) is 13.6 Å². The van der Waals surface area contributed by atoms with Crippen LogP contribution in [0.1, 0.15) is 0 Å². The first kappa shape index (κ1) is 16.3. The molecule has 0 heterocycles. The highest BCUT2D eigenvalue weighted by molar-refractivity contribution is 7.33. The molecule has 0 saturated heterocycles. The third kappa shape index (κ3) is 4.29. The van der Waals surface area contributed by atoms with E-state index in [2.05, 4.69) is 0 Å². The monoisotopic (exact) mass is 310 g/mol. The Labute approximate surface area is 97.7 Å². The quantitative estimate of drug-likeness (QED) is 0.399. The molecule has 0 aromatic rings. The Balaban J connectivity index is 4.62. The number of alkyl halides is 7. The van der Waals surface area contributed by atoms with Gasteiger partial charge in [0.25, 0.3) is 6.43 Å². The predicted octanol–water partition coefficient (Wildman–Crippen LogP) is 3.60. The van der Waals surface area contributed by atoms with Crippen LogP contribution in [0.25, 0.3) is 0 Å². The molecule has 0 aliphatic carbocycles. The van der Waals surface area contributed by atoms with Crippen molar-refractivity contribution in [3.8, 4) is 0 Å². The molecule has 10 heteroatoms. The van der Waals surface area contributed by atoms with E-state index in [1.54, 1.807) is 0 Å². The fourth-order valence-electron chi connectivity index (χ4n) is 0.826. The summed E-state index contributed by atoms with van der Waals surface area (Å²) < 4.78 is 86.4. The number of rotatable bonds is 6. The molecule has 0 nitrogen and oxygen atoms in total. The van der Waals surface area contributed by atoms with Crippen molar-refractivity contribution in [2.24, 2.45) is 0 Å². The zero-order valence-corrected chi connectivity index (χ0v) is 10.2. The maximum absolute atomic E-state index is 12.8. The standard InChI is InChI=1S/C6H7Cl2F7Si/c7-16(8)1-2(9)6(14,15)4(11)3(10)5(12)13/h2-5,16H,1H2. The first-order valence-corrected chi connectivity index (χ1v) is 8.27. The molecule has 0 spiro atoms. The Morgan fingerprint density at radius 2 is 1.44 bits per heavy atom. The molecule has 0 bridgehead atoms. The van der Waals surface area contributed by atoms with Crippen molar-refractivity contribution in [1.29, 1.82) is 0 Å². The summed E-state index contributed by atoms with van der Waals surface area (Å²) in [5, 5.41) is 0. The molecule has 0 amide bonds. The van der Waals surface area contributed by atoms with Gasteiger partial charge in [-0.1, -0.05) is 0 Å². The van der Waals surface area contributed by atoms with E-state index in [1.165, 1.54) is 0 Å². The molecule has 0 N–H and O–H groups in total. The maximum Gasteiger partial charge on any atom is 0.312 e. The fraction of sp³-hybridized carbons (Fsp3) is 1.00. The van der Waals surface area contributed by atoms with Crippen molar-refractivity contribution in [2.45, 2.75) is 36.9 Å². The van der Waals surface area contributed by atoms with Gasteiger partial charge in [-0.15, -0.1) is 0 Å². The van der Waals surface area contributed by atoms with Gasteiger partial charge in [0.15, 0.2) is 12.3 Å². The highest BCUT2D eigenvalue weighted by Crippen LogP contribution is 2.35. The van der Waals surface area contributed by atoms with E-state index in [0.717, 1.165) is 0 Å². The van der Waals surface area contributed by atoms with Crippen molar-refractivity contribution in [2.75, 3.05) is 0 Å². The second-order valence-corrected chi connectivity index (χ2v) is 8.03. The number of hydrogen-bond acceptors (Lipinski definition) is 0. The van der Waals surface area contributed by atoms with Gasteiger partial charge in [0.05, 0.1) is 0 Å². The largest absolute Gasteiger partial charge is 0.312 e. The Morgan fingerprint density at radius 3 is 1.75 bits per heavy atom. The van der Waals surface area contributed by atoms with E-state index >= 15 is 0 Å². The van der Waals surface area contributed by atoms with E-state index < -0.39 is 44.3 Å². The van der Waals surface area contributed by atoms with Crippen LogP contribution in [0.4, 0.5) is 30.7 Å². The SMILES string of the molecule is FC(F)C(F)C(F)C(F)(F)C(F)C[SiH](Cl)Cl. The van der Waals surface area contributed by atoms with Gasteiger partial charge in [0.1, 0.15) is 0 Å². The second kappa shape index (κ2) is 6.30. The molecule has 3 unspecified atom stereocenters. The minimum absolute atomic E-state index is 1.05. The molecule has 0 aliphatic heterocycles. The second-order valence-electron chi connectivity index (χ2n) is 2.95. The normalized spacial score (nSPS) is 18.9. The Hall–Kier alpha value is 0.307. The third-order valence-electron chi connectivity index (χ3n) is 1.69. The van der Waals surface area contributed by atoms with Crippen molar-refractivity contribution >= 4 is 29.6 Å². The minimum Gasteiger partial charge on any atom is -0.241 e. The summed E-state index contributed by atoms with van der Waals surface area (Å²) in [6.45, 7) is 0. The summed E-state index contributed by atoms with van der Waals surface area (Å²) in [7, 11) is -2.81. The van der Waals surface area contributed by atoms with Crippen LogP contribution in [-0.4, -0.2) is 38.3 Å². The summed E-state index contributed by atoms with van der Waals surface area (Å²) in [4.78, 5) is 0. The predicted molar refractivity (Wildman–Crippen MR) is 49.3 cm³/mol. The average molecular weight is 311 g/mol. The highest BCUT2D eigenvalue weighted by atomic mass is 35.7. The zero-order valence-electron chi connectivity index (χ0n) is 7.50. The van der Waals surface area contributed by atoms with Crippen molar-refractivity contribution in [3.05, 3.63) is 0 Å². The lowest BCUT2D eigenvalue weighted by atomic mass is 10.1. The summed E-state index contributed by atoms with van der Waals surface area (Å²) in [5.41, 5.74) is 0. The van der Waals surface area contributed by atoms with Crippen LogP contribution in [0, 0.1) is 0 Å². The summed E-state index contributed by atoms with van der Waals surface area (Å²) in [6, 6.07) is -1.05. The maximum atomic E-state index is 12.8. The number of halogens is 9. The molecule has 0 aromatic heterocycles. The Morgan fingerprint density at radius 1 is 1.00 bits per heavy atom. The molecule has 3 atom stereocenters. The molecule has 16 heavy (non-hydrogen) atoms. The molecule has 0 radical (unpaired) electrons. The topological polar surface area (TPSA) is 0 Å². The lowest BCUT2D eigenvalue weighted by Gasteiger charge is -2.26. The summed E-state index contributed by atoms with van der Waals surface area (Å²) in [6.07, 6.45) is -14.8. The van der Waals surface area contributed by atoms with E-state index in [-0.39, 0.29) is 0 Å². The minimum atomic E-state index is -4.87. The zero-order chi connectivity index (χ0) is 13.1. The number of hydrogen-bond donors (Lipinski definition) is 0. The molecule has 0 aromatic carbocycles. The van der Waals surface area contributed by atoms with Gasteiger partial charge in [-0.3, -0.25) is 0 Å². The Bertz CT molecular complexity index is 215. The molecule has 0 rings (SSSR count). The van der Waals surface area contributed by atoms with Crippen LogP contribution in [0.15, 0.2) is 0 Å². The highest BCUT2D eigenvalue weighted by Gasteiger charge is 2.54. The first-order valence-electron chi connectivity index (χ1n) is 3.97. The van der Waals surface area contributed by atoms with E-state index in [9.17, 15) is 30.7 Å². The molecule has 98 valence electrons. The Kier molecular flexibility index (Phi) is 6.42. The lowest BCUT2D eigenvalue weighted by Crippen LogP contribution is -2.47. The molecular weight excluding hydrogens is 304 g/mol. The van der Waals surface area contributed by atoms with Crippen molar-refractivity contribution < 1.29 is 30.7 Å². The van der Waals surface area contributed by atoms with E-state index in [4.69, 9.17) is 22.2 Å². The average Bonchev–Trinajstić information content (AvgIpc) is 2.14. The lowest BCUT2D eigenvalue weighted by molar-refractivity contribution is -0.159. The molecule has 0 aliphatic rings.